The normalized spacial score (nSPS) is 8.29. The van der Waals surface area contributed by atoms with Crippen LogP contribution in [-0.4, -0.2) is 23.4 Å². The molecule has 0 aromatic carbocycles. The molecule has 70 valence electrons. The molecule has 0 amide bonds. The summed E-state index contributed by atoms with van der Waals surface area (Å²) >= 11 is 0. The molecule has 0 saturated heterocycles. The number of hydrogen-bond donors (Lipinski definition) is 0. The Morgan fingerprint density at radius 3 is 1.36 bits per heavy atom. The van der Waals surface area contributed by atoms with Crippen molar-refractivity contribution < 1.29 is 123 Å². The van der Waals surface area contributed by atoms with Crippen LogP contribution in [0.1, 0.15) is 12.8 Å². The summed E-state index contributed by atoms with van der Waals surface area (Å²) in [7, 11) is 2.66. The second kappa shape index (κ2) is 15.9. The zero-order valence-electron chi connectivity index (χ0n) is 8.28. The van der Waals surface area contributed by atoms with E-state index in [0.29, 0.717) is 11.5 Å². The Kier molecular flexibility index (Phi) is 25.1. The van der Waals surface area contributed by atoms with Crippen molar-refractivity contribution in [2.45, 2.75) is 12.8 Å². The summed E-state index contributed by atoms with van der Waals surface area (Å²) in [5.74, 6) is -1.27. The van der Waals surface area contributed by atoms with Crippen LogP contribution in [0.4, 0.5) is 0 Å². The summed E-state index contributed by atoms with van der Waals surface area (Å²) < 4.78 is 0. The van der Waals surface area contributed by atoms with Crippen molar-refractivity contribution in [3.05, 3.63) is 0 Å². The van der Waals surface area contributed by atoms with Gasteiger partial charge >= 0.3 is 103 Å². The molecule has 0 atom stereocenters. The van der Waals surface area contributed by atoms with Crippen LogP contribution in [0.25, 0.3) is 0 Å². The van der Waals surface area contributed by atoms with Crippen LogP contribution in [0.15, 0.2) is 0 Å². The van der Waals surface area contributed by atoms with Gasteiger partial charge in [-0.05, 0) is 12.8 Å². The fourth-order valence-electron chi connectivity index (χ4n) is 0.368. The Morgan fingerprint density at radius 2 is 1.14 bits per heavy atom. The molecule has 0 aliphatic carbocycles. The van der Waals surface area contributed by atoms with Gasteiger partial charge in [-0.1, -0.05) is 21.6 Å². The standard InChI is InChI=1S/C6H10O4S2.2K/c7-5(8)1-3-11-12-4-2-6(9)10;;/h1-4H2,(H,7,8)(H,9,10);;/q;2*+1/p-2. The van der Waals surface area contributed by atoms with Crippen molar-refractivity contribution >= 4 is 33.5 Å². The van der Waals surface area contributed by atoms with E-state index in [-0.39, 0.29) is 116 Å². The van der Waals surface area contributed by atoms with Gasteiger partial charge in [0.25, 0.3) is 0 Å². The SMILES string of the molecule is O=C([O-])CCSSCCC(=O)[O-].[K+].[K+]. The maximum atomic E-state index is 9.90. The van der Waals surface area contributed by atoms with Gasteiger partial charge in [-0.15, -0.1) is 0 Å². The molecule has 0 radical (unpaired) electrons. The quantitative estimate of drug-likeness (QED) is 0.263. The van der Waals surface area contributed by atoms with Crippen molar-refractivity contribution in [3.8, 4) is 0 Å². The first-order valence-corrected chi connectivity index (χ1v) is 5.76. The molecule has 0 aromatic rings. The second-order valence-corrected chi connectivity index (χ2v) is 4.59. The van der Waals surface area contributed by atoms with E-state index in [1.54, 1.807) is 0 Å². The van der Waals surface area contributed by atoms with Gasteiger partial charge in [0, 0.05) is 23.4 Å². The van der Waals surface area contributed by atoms with E-state index in [1.165, 1.54) is 21.6 Å². The Bertz CT molecular complexity index is 150. The van der Waals surface area contributed by atoms with Crippen LogP contribution >= 0.6 is 21.6 Å². The zero-order chi connectivity index (χ0) is 9.40. The summed E-state index contributed by atoms with van der Waals surface area (Å²) in [6.45, 7) is 0. The van der Waals surface area contributed by atoms with Gasteiger partial charge in [0.2, 0.25) is 0 Å². The van der Waals surface area contributed by atoms with Gasteiger partial charge in [-0.3, -0.25) is 0 Å². The molecule has 0 N–H and O–H groups in total. The van der Waals surface area contributed by atoms with E-state index < -0.39 is 11.9 Å². The fraction of sp³-hybridized carbons (Fsp3) is 0.667. The predicted octanol–water partition coefficient (Wildman–Crippen LogP) is -7.34. The molecule has 0 fully saturated rings. The molecule has 0 spiro atoms. The molecular formula is C6H8K2O4S2. The third-order valence-electron chi connectivity index (χ3n) is 0.862. The molecule has 0 aromatic heterocycles. The van der Waals surface area contributed by atoms with Crippen LogP contribution in [0.2, 0.25) is 0 Å². The minimum atomic E-state index is -1.08. The molecule has 0 heterocycles. The largest absolute Gasteiger partial charge is 1.00 e. The number of carbonyl (C=O) groups excluding carboxylic acids is 2. The van der Waals surface area contributed by atoms with Crippen LogP contribution in [-0.2, 0) is 9.59 Å². The third-order valence-corrected chi connectivity index (χ3v) is 3.27. The monoisotopic (exact) mass is 286 g/mol. The predicted molar refractivity (Wildman–Crippen MR) is 44.2 cm³/mol. The van der Waals surface area contributed by atoms with E-state index in [0.717, 1.165) is 0 Å². The van der Waals surface area contributed by atoms with Gasteiger partial charge < -0.3 is 19.8 Å². The van der Waals surface area contributed by atoms with E-state index in [1.807, 2.05) is 0 Å². The summed E-state index contributed by atoms with van der Waals surface area (Å²) in [5, 5.41) is 19.8. The van der Waals surface area contributed by atoms with E-state index in [9.17, 15) is 19.8 Å². The molecule has 8 heteroatoms. The molecule has 0 rings (SSSR count). The Morgan fingerprint density at radius 1 is 0.857 bits per heavy atom. The average Bonchev–Trinajstić information content (AvgIpc) is 1.95. The van der Waals surface area contributed by atoms with Crippen molar-refractivity contribution in [2.75, 3.05) is 11.5 Å². The minimum absolute atomic E-state index is 0. The summed E-state index contributed by atoms with van der Waals surface area (Å²) in [6.07, 6.45) is 0.00593. The number of aliphatic carboxylic acids is 2. The van der Waals surface area contributed by atoms with E-state index in [2.05, 4.69) is 0 Å². The van der Waals surface area contributed by atoms with Crippen molar-refractivity contribution in [1.82, 2.24) is 0 Å². The van der Waals surface area contributed by atoms with Crippen molar-refractivity contribution in [2.24, 2.45) is 0 Å². The molecule has 0 saturated carbocycles. The Balaban J connectivity index is -0.000000605. The molecule has 0 aliphatic rings. The Labute approximate surface area is 176 Å². The average molecular weight is 286 g/mol. The molecule has 4 nitrogen and oxygen atoms in total. The number of carboxylic acids is 2. The summed E-state index contributed by atoms with van der Waals surface area (Å²) in [6, 6.07) is 0. The van der Waals surface area contributed by atoms with Gasteiger partial charge in [0.1, 0.15) is 0 Å². The summed E-state index contributed by atoms with van der Waals surface area (Å²) in [4.78, 5) is 19.8. The zero-order valence-corrected chi connectivity index (χ0v) is 16.2. The molecule has 0 aliphatic heterocycles. The maximum absolute atomic E-state index is 9.90. The van der Waals surface area contributed by atoms with E-state index >= 15 is 0 Å². The van der Waals surface area contributed by atoms with E-state index in [4.69, 9.17) is 0 Å². The minimum Gasteiger partial charge on any atom is -0.550 e. The maximum Gasteiger partial charge on any atom is 1.00 e. The fourth-order valence-corrected chi connectivity index (χ4v) is 2.31. The van der Waals surface area contributed by atoms with Crippen LogP contribution < -0.4 is 113 Å². The first-order chi connectivity index (χ1) is 5.63. The molecular weight excluding hydrogens is 278 g/mol. The van der Waals surface area contributed by atoms with Gasteiger partial charge in [0.15, 0.2) is 0 Å². The number of hydrogen-bond acceptors (Lipinski definition) is 6. The number of carbonyl (C=O) groups is 2. The molecule has 0 bridgehead atoms. The van der Waals surface area contributed by atoms with Crippen LogP contribution in [0, 0.1) is 0 Å². The number of carboxylic acid groups (broad SMARTS) is 2. The van der Waals surface area contributed by atoms with Crippen molar-refractivity contribution in [1.29, 1.82) is 0 Å². The van der Waals surface area contributed by atoms with Crippen molar-refractivity contribution in [3.63, 3.8) is 0 Å². The first-order valence-electron chi connectivity index (χ1n) is 3.27. The number of rotatable bonds is 7. The topological polar surface area (TPSA) is 80.3 Å². The van der Waals surface area contributed by atoms with Crippen LogP contribution in [0.3, 0.4) is 0 Å². The molecule has 14 heavy (non-hydrogen) atoms. The van der Waals surface area contributed by atoms with Gasteiger partial charge in [-0.25, -0.2) is 0 Å². The first kappa shape index (κ1) is 22.1. The summed E-state index contributed by atoms with van der Waals surface area (Å²) in [5.41, 5.74) is 0. The van der Waals surface area contributed by atoms with Crippen LogP contribution in [0.5, 0.6) is 0 Å². The van der Waals surface area contributed by atoms with Gasteiger partial charge in [-0.2, -0.15) is 0 Å². The smallest absolute Gasteiger partial charge is 0.550 e. The second-order valence-electron chi connectivity index (χ2n) is 1.89. The van der Waals surface area contributed by atoms with Gasteiger partial charge in [0.05, 0.1) is 0 Å². The molecule has 0 unspecified atom stereocenters. The third kappa shape index (κ3) is 20.3. The Hall–Kier alpha value is 2.91.